The Labute approximate surface area is 241 Å². The van der Waals surface area contributed by atoms with Crippen LogP contribution in [0, 0.1) is 0 Å². The predicted octanol–water partition coefficient (Wildman–Crippen LogP) is -1.92. The fourth-order valence-corrected chi connectivity index (χ4v) is 7.82. The fourth-order valence-electron chi connectivity index (χ4n) is 3.12. The van der Waals surface area contributed by atoms with Crippen molar-refractivity contribution in [3.05, 3.63) is 27.9 Å². The van der Waals surface area contributed by atoms with Crippen LogP contribution in [0.4, 0.5) is 5.13 Å². The first-order chi connectivity index (χ1) is 15.8. The number of carbonyl (C=O) groups is 3. The SMILES string of the molecule is CSc1nnc(SCC2=C(C(=O)[O-])N3C(=O)C(NC(=O)C(=CCl)c4csc(N)n4)[C@H]3SC2)s1.[Na+]. The number of nitrogens with one attached hydrogen (secondary N) is 1. The van der Waals surface area contributed by atoms with Crippen LogP contribution in [-0.4, -0.2) is 67.0 Å². The molecule has 0 radical (unpaired) electrons. The van der Waals surface area contributed by atoms with E-state index in [1.165, 1.54) is 51.5 Å². The third kappa shape index (κ3) is 5.62. The average Bonchev–Trinajstić information content (AvgIpc) is 3.44. The first-order valence-corrected chi connectivity index (χ1v) is 14.4. The van der Waals surface area contributed by atoms with E-state index < -0.39 is 29.2 Å². The first kappa shape index (κ1) is 27.8. The van der Waals surface area contributed by atoms with Gasteiger partial charge in [0.1, 0.15) is 11.4 Å². The Balaban J connectivity index is 0.00000324. The van der Waals surface area contributed by atoms with Gasteiger partial charge in [-0.2, -0.15) is 0 Å². The van der Waals surface area contributed by atoms with E-state index in [9.17, 15) is 19.5 Å². The van der Waals surface area contributed by atoms with Crippen molar-refractivity contribution < 1.29 is 49.0 Å². The third-order valence-electron chi connectivity index (χ3n) is 4.61. The zero-order valence-corrected chi connectivity index (χ0v) is 24.5. The summed E-state index contributed by atoms with van der Waals surface area (Å²) in [6, 6.07) is -0.902. The van der Waals surface area contributed by atoms with Crippen LogP contribution >= 0.6 is 69.6 Å². The van der Waals surface area contributed by atoms with Crippen molar-refractivity contribution in [2.24, 2.45) is 0 Å². The molecule has 2 atom stereocenters. The molecule has 0 aliphatic carbocycles. The molecular formula is C17H14ClN6NaO4S5. The van der Waals surface area contributed by atoms with Gasteiger partial charge in [-0.1, -0.05) is 46.5 Å². The van der Waals surface area contributed by atoms with Crippen LogP contribution in [0.2, 0.25) is 0 Å². The van der Waals surface area contributed by atoms with Crippen LogP contribution in [0.15, 0.2) is 30.9 Å². The van der Waals surface area contributed by atoms with Crippen LogP contribution in [-0.2, 0) is 14.4 Å². The number of anilines is 1. The molecule has 1 saturated heterocycles. The summed E-state index contributed by atoms with van der Waals surface area (Å²) in [5, 5.41) is 23.9. The summed E-state index contributed by atoms with van der Waals surface area (Å²) in [6.45, 7) is 0. The number of hydrogen-bond acceptors (Lipinski definition) is 13. The van der Waals surface area contributed by atoms with Gasteiger partial charge in [0.15, 0.2) is 13.8 Å². The molecule has 34 heavy (non-hydrogen) atoms. The number of amides is 2. The van der Waals surface area contributed by atoms with Crippen molar-refractivity contribution in [3.63, 3.8) is 0 Å². The molecule has 2 aromatic heterocycles. The van der Waals surface area contributed by atoms with Gasteiger partial charge in [0, 0.05) is 22.4 Å². The maximum Gasteiger partial charge on any atom is 1.00 e. The number of carboxylic acid groups (broad SMARTS) is 1. The maximum atomic E-state index is 12.8. The largest absolute Gasteiger partial charge is 1.00 e. The van der Waals surface area contributed by atoms with E-state index >= 15 is 0 Å². The van der Waals surface area contributed by atoms with Crippen molar-refractivity contribution in [2.45, 2.75) is 20.1 Å². The molecule has 174 valence electrons. The molecular weight excluding hydrogens is 571 g/mol. The van der Waals surface area contributed by atoms with Gasteiger partial charge in [-0.3, -0.25) is 14.5 Å². The summed E-state index contributed by atoms with van der Waals surface area (Å²) in [5.74, 6) is -1.87. The Morgan fingerprint density at radius 2 is 2.15 bits per heavy atom. The third-order valence-corrected chi connectivity index (χ3v) is 9.96. The second kappa shape index (κ2) is 12.0. The molecule has 4 heterocycles. The average molecular weight is 585 g/mol. The first-order valence-electron chi connectivity index (χ1n) is 9.05. The summed E-state index contributed by atoms with van der Waals surface area (Å²) >= 11 is 12.6. The number of nitrogens with two attached hydrogens (primary N) is 1. The maximum absolute atomic E-state index is 12.8. The number of hydrogen-bond donors (Lipinski definition) is 2. The normalized spacial score (nSPS) is 19.9. The molecule has 10 nitrogen and oxygen atoms in total. The number of thioether (sulfide) groups is 3. The Bertz CT molecular complexity index is 1190. The second-order valence-corrected chi connectivity index (χ2v) is 12.0. The Morgan fingerprint density at radius 1 is 1.41 bits per heavy atom. The van der Waals surface area contributed by atoms with Crippen molar-refractivity contribution >= 4 is 98.0 Å². The van der Waals surface area contributed by atoms with Crippen LogP contribution in [0.1, 0.15) is 5.69 Å². The number of thiazole rings is 1. The number of carbonyl (C=O) groups excluding carboxylic acids is 3. The monoisotopic (exact) mass is 584 g/mol. The molecule has 2 aliphatic rings. The zero-order valence-electron chi connectivity index (χ0n) is 17.6. The van der Waals surface area contributed by atoms with Gasteiger partial charge in [0.2, 0.25) is 0 Å². The second-order valence-electron chi connectivity index (χ2n) is 6.52. The quantitative estimate of drug-likeness (QED) is 0.154. The summed E-state index contributed by atoms with van der Waals surface area (Å²) in [6.07, 6.45) is 1.90. The minimum atomic E-state index is -1.43. The number of carboxylic acids is 1. The van der Waals surface area contributed by atoms with Gasteiger partial charge in [0.25, 0.3) is 11.8 Å². The van der Waals surface area contributed by atoms with Gasteiger partial charge in [-0.15, -0.1) is 33.3 Å². The van der Waals surface area contributed by atoms with Crippen molar-refractivity contribution in [2.75, 3.05) is 23.5 Å². The van der Waals surface area contributed by atoms with E-state index in [2.05, 4.69) is 20.5 Å². The molecule has 17 heteroatoms. The predicted molar refractivity (Wildman–Crippen MR) is 130 cm³/mol. The number of fused-ring (bicyclic) bond motifs is 1. The van der Waals surface area contributed by atoms with E-state index in [0.29, 0.717) is 27.1 Å². The number of nitrogen functional groups attached to an aromatic ring is 1. The zero-order chi connectivity index (χ0) is 23.7. The molecule has 2 aliphatic heterocycles. The van der Waals surface area contributed by atoms with Gasteiger partial charge in [-0.25, -0.2) is 4.98 Å². The van der Waals surface area contributed by atoms with Gasteiger partial charge in [-0.05, 0) is 11.8 Å². The minimum Gasteiger partial charge on any atom is -0.543 e. The van der Waals surface area contributed by atoms with Gasteiger partial charge >= 0.3 is 29.6 Å². The van der Waals surface area contributed by atoms with E-state index in [1.807, 2.05) is 6.26 Å². The van der Waals surface area contributed by atoms with Crippen LogP contribution in [0.3, 0.4) is 0 Å². The van der Waals surface area contributed by atoms with Crippen molar-refractivity contribution in [3.8, 4) is 0 Å². The van der Waals surface area contributed by atoms with Crippen molar-refractivity contribution in [1.29, 1.82) is 0 Å². The number of β-lactam (4-membered cyclic amide) rings is 1. The smallest absolute Gasteiger partial charge is 0.543 e. The Morgan fingerprint density at radius 3 is 2.74 bits per heavy atom. The summed E-state index contributed by atoms with van der Waals surface area (Å²) in [7, 11) is 0. The van der Waals surface area contributed by atoms with Gasteiger partial charge < -0.3 is 21.0 Å². The van der Waals surface area contributed by atoms with E-state index in [-0.39, 0.29) is 46.0 Å². The molecule has 4 rings (SSSR count). The molecule has 0 spiro atoms. The van der Waals surface area contributed by atoms with Gasteiger partial charge in [0.05, 0.1) is 22.9 Å². The topological polar surface area (TPSA) is 154 Å². The summed E-state index contributed by atoms with van der Waals surface area (Å²) < 4.78 is 1.52. The standard InChI is InChI=1S/C17H15ClN6O4S5.Na/c1-29-16-22-23-17(33-16)32-4-6-3-30-13-9(12(26)24(13)10(6)14(27)28)21-11(25)7(2-18)8-5-31-15(19)20-8;/h2,5,9,13H,3-4H2,1H3,(H2,19,20)(H,21,25)(H,27,28);/q;+1/p-1/t9?,13-;/m1./s1. The van der Waals surface area contributed by atoms with Crippen molar-refractivity contribution in [1.82, 2.24) is 25.4 Å². The fraction of sp³-hybridized carbons (Fsp3) is 0.294. The summed E-state index contributed by atoms with van der Waals surface area (Å²) in [4.78, 5) is 42.6. The molecule has 3 N–H and O–H groups in total. The molecule has 0 aromatic carbocycles. The molecule has 0 saturated carbocycles. The Kier molecular flexibility index (Phi) is 9.79. The number of rotatable bonds is 8. The minimum absolute atomic E-state index is 0. The number of nitrogens with zero attached hydrogens (tertiary/aromatic N) is 4. The summed E-state index contributed by atoms with van der Waals surface area (Å²) in [5.41, 5.74) is 7.43. The number of halogens is 1. The Hall–Kier alpha value is -0.780. The molecule has 2 aromatic rings. The van der Waals surface area contributed by atoms with Crippen LogP contribution < -0.4 is 45.7 Å². The molecule has 0 bridgehead atoms. The number of aromatic nitrogens is 3. The molecule has 1 fully saturated rings. The van der Waals surface area contributed by atoms with E-state index in [0.717, 1.165) is 21.2 Å². The molecule has 1 unspecified atom stereocenters. The number of aliphatic carboxylic acids is 1. The van der Waals surface area contributed by atoms with Crippen LogP contribution in [0.5, 0.6) is 0 Å². The van der Waals surface area contributed by atoms with E-state index in [4.69, 9.17) is 17.3 Å². The van der Waals surface area contributed by atoms with E-state index in [1.54, 1.807) is 5.38 Å². The molecule has 2 amide bonds. The van der Waals surface area contributed by atoms with Crippen LogP contribution in [0.25, 0.3) is 5.57 Å².